The highest BCUT2D eigenvalue weighted by molar-refractivity contribution is 5.50. The Labute approximate surface area is 57.5 Å². The van der Waals surface area contributed by atoms with Gasteiger partial charge in [0, 0.05) is 6.42 Å². The largest absolute Gasteiger partial charge is 0.291 e. The van der Waals surface area contributed by atoms with Crippen LogP contribution in [0.1, 0.15) is 45.4 Å². The Balaban J connectivity index is 2.66. The highest BCUT2D eigenvalue weighted by atomic mass is 16.1. The van der Waals surface area contributed by atoms with Crippen molar-refractivity contribution in [1.29, 1.82) is 0 Å². The predicted octanol–water partition coefficient (Wildman–Crippen LogP) is 2.46. The van der Waals surface area contributed by atoms with Gasteiger partial charge in [0.25, 0.3) is 0 Å². The molecule has 0 atom stereocenters. The molecule has 0 heterocycles. The van der Waals surface area contributed by atoms with E-state index in [-0.39, 0.29) is 0 Å². The summed E-state index contributed by atoms with van der Waals surface area (Å²) in [5, 5.41) is 0. The second kappa shape index (κ2) is 7.67. The van der Waals surface area contributed by atoms with Crippen LogP contribution in [0.5, 0.6) is 0 Å². The number of hydrogen-bond donors (Lipinski definition) is 0. The van der Waals surface area contributed by atoms with Crippen LogP contribution in [0, 0.1) is 0 Å². The van der Waals surface area contributed by atoms with Crippen molar-refractivity contribution < 1.29 is 4.79 Å². The molecule has 1 radical (unpaired) electrons. The van der Waals surface area contributed by atoms with Crippen LogP contribution in [-0.2, 0) is 4.79 Å². The second-order valence-electron chi connectivity index (χ2n) is 2.31. The fourth-order valence-corrected chi connectivity index (χ4v) is 0.801. The smallest absolute Gasteiger partial charge is 0.198 e. The summed E-state index contributed by atoms with van der Waals surface area (Å²) in [5.74, 6) is 0. The number of unbranched alkanes of at least 4 members (excludes halogenated alkanes) is 5. The van der Waals surface area contributed by atoms with E-state index in [4.69, 9.17) is 0 Å². The Morgan fingerprint density at radius 1 is 1.11 bits per heavy atom. The molecule has 0 aromatic carbocycles. The zero-order valence-electron chi connectivity index (χ0n) is 6.15. The minimum atomic E-state index is 0.629. The van der Waals surface area contributed by atoms with Gasteiger partial charge in [0.05, 0.1) is 0 Å². The second-order valence-corrected chi connectivity index (χ2v) is 2.31. The average Bonchev–Trinajstić information content (AvgIpc) is 1.89. The van der Waals surface area contributed by atoms with Crippen molar-refractivity contribution in [3.8, 4) is 0 Å². The Bertz CT molecular complexity index is 59.6. The first kappa shape index (κ1) is 8.67. The molecule has 9 heavy (non-hydrogen) atoms. The van der Waals surface area contributed by atoms with Crippen LogP contribution in [0.3, 0.4) is 0 Å². The van der Waals surface area contributed by atoms with Gasteiger partial charge in [0.15, 0.2) is 6.29 Å². The van der Waals surface area contributed by atoms with E-state index in [9.17, 15) is 4.79 Å². The van der Waals surface area contributed by atoms with Crippen LogP contribution in [0.4, 0.5) is 0 Å². The number of rotatable bonds is 6. The van der Waals surface area contributed by atoms with Crippen molar-refractivity contribution in [3.63, 3.8) is 0 Å². The first-order valence-corrected chi connectivity index (χ1v) is 3.76. The summed E-state index contributed by atoms with van der Waals surface area (Å²) in [5.41, 5.74) is 0. The first-order valence-electron chi connectivity index (χ1n) is 3.76. The fourth-order valence-electron chi connectivity index (χ4n) is 0.801. The lowest BCUT2D eigenvalue weighted by Gasteiger charge is -1.93. The Morgan fingerprint density at radius 3 is 2.33 bits per heavy atom. The standard InChI is InChI=1S/C8H15O/c1-2-3-4-5-6-7-8-9/h2-7H2,1H3. The van der Waals surface area contributed by atoms with Gasteiger partial charge in [-0.25, -0.2) is 0 Å². The highest BCUT2D eigenvalue weighted by Gasteiger charge is 1.86. The third-order valence-corrected chi connectivity index (χ3v) is 1.38. The van der Waals surface area contributed by atoms with E-state index in [0.29, 0.717) is 6.42 Å². The van der Waals surface area contributed by atoms with Gasteiger partial charge in [-0.15, -0.1) is 0 Å². The van der Waals surface area contributed by atoms with Crippen LogP contribution in [0.2, 0.25) is 0 Å². The lowest BCUT2D eigenvalue weighted by molar-refractivity contribution is 0.543. The molecule has 0 aromatic rings. The van der Waals surface area contributed by atoms with Crippen molar-refractivity contribution >= 4 is 6.29 Å². The number of carbonyl (C=O) groups excluding carboxylic acids is 1. The molecule has 0 aromatic heterocycles. The van der Waals surface area contributed by atoms with E-state index in [1.807, 2.05) is 6.29 Å². The molecule has 1 heteroatoms. The summed E-state index contributed by atoms with van der Waals surface area (Å²) in [6.45, 7) is 2.19. The van der Waals surface area contributed by atoms with Gasteiger partial charge >= 0.3 is 0 Å². The van der Waals surface area contributed by atoms with Gasteiger partial charge in [-0.05, 0) is 6.42 Å². The zero-order chi connectivity index (χ0) is 6.95. The van der Waals surface area contributed by atoms with E-state index in [1.165, 1.54) is 25.7 Å². The van der Waals surface area contributed by atoms with Gasteiger partial charge in [-0.3, -0.25) is 4.79 Å². The van der Waals surface area contributed by atoms with Crippen molar-refractivity contribution in [1.82, 2.24) is 0 Å². The molecule has 0 N–H and O–H groups in total. The monoisotopic (exact) mass is 127 g/mol. The maximum Gasteiger partial charge on any atom is 0.198 e. The van der Waals surface area contributed by atoms with Crippen LogP contribution in [-0.4, -0.2) is 6.29 Å². The summed E-state index contributed by atoms with van der Waals surface area (Å²) in [4.78, 5) is 9.71. The van der Waals surface area contributed by atoms with Crippen molar-refractivity contribution in [2.45, 2.75) is 45.4 Å². The molecule has 0 amide bonds. The topological polar surface area (TPSA) is 17.1 Å². The zero-order valence-corrected chi connectivity index (χ0v) is 6.15. The third-order valence-electron chi connectivity index (χ3n) is 1.38. The lowest BCUT2D eigenvalue weighted by Crippen LogP contribution is -1.77. The molecule has 0 bridgehead atoms. The van der Waals surface area contributed by atoms with E-state index in [2.05, 4.69) is 6.92 Å². The molecule has 0 rings (SSSR count). The molecule has 0 fully saturated rings. The summed E-state index contributed by atoms with van der Waals surface area (Å²) in [6, 6.07) is 0. The van der Waals surface area contributed by atoms with Crippen molar-refractivity contribution in [2.75, 3.05) is 0 Å². The molecule has 0 spiro atoms. The lowest BCUT2D eigenvalue weighted by atomic mass is 10.1. The Morgan fingerprint density at radius 2 is 1.78 bits per heavy atom. The molecule has 0 saturated heterocycles. The summed E-state index contributed by atoms with van der Waals surface area (Å²) >= 11 is 0. The van der Waals surface area contributed by atoms with E-state index in [0.717, 1.165) is 6.42 Å². The normalized spacial score (nSPS) is 9.44. The molecular formula is C8H15O. The molecule has 0 unspecified atom stereocenters. The van der Waals surface area contributed by atoms with Gasteiger partial charge in [-0.1, -0.05) is 32.6 Å². The molecular weight excluding hydrogens is 112 g/mol. The molecule has 53 valence electrons. The quantitative estimate of drug-likeness (QED) is 0.501. The number of hydrogen-bond acceptors (Lipinski definition) is 1. The minimum Gasteiger partial charge on any atom is -0.291 e. The van der Waals surface area contributed by atoms with Crippen LogP contribution in [0.25, 0.3) is 0 Å². The van der Waals surface area contributed by atoms with Gasteiger partial charge < -0.3 is 0 Å². The predicted molar refractivity (Wildman–Crippen MR) is 39.1 cm³/mol. The average molecular weight is 127 g/mol. The fraction of sp³-hybridized carbons (Fsp3) is 0.875. The van der Waals surface area contributed by atoms with Gasteiger partial charge in [0.1, 0.15) is 0 Å². The van der Waals surface area contributed by atoms with E-state index in [1.54, 1.807) is 0 Å². The van der Waals surface area contributed by atoms with Crippen LogP contribution < -0.4 is 0 Å². The van der Waals surface area contributed by atoms with E-state index < -0.39 is 0 Å². The maximum atomic E-state index is 9.71. The SMILES string of the molecule is CCCCCCC[C]=O. The Hall–Kier alpha value is -0.330. The van der Waals surface area contributed by atoms with E-state index >= 15 is 0 Å². The molecule has 0 aliphatic rings. The van der Waals surface area contributed by atoms with Crippen molar-refractivity contribution in [3.05, 3.63) is 0 Å². The van der Waals surface area contributed by atoms with Crippen molar-refractivity contribution in [2.24, 2.45) is 0 Å². The van der Waals surface area contributed by atoms with Crippen LogP contribution in [0.15, 0.2) is 0 Å². The molecule has 0 saturated carbocycles. The van der Waals surface area contributed by atoms with Gasteiger partial charge in [0.2, 0.25) is 0 Å². The van der Waals surface area contributed by atoms with Crippen LogP contribution >= 0.6 is 0 Å². The third kappa shape index (κ3) is 7.67. The molecule has 0 aliphatic heterocycles. The van der Waals surface area contributed by atoms with Gasteiger partial charge in [-0.2, -0.15) is 0 Å². The maximum absolute atomic E-state index is 9.71. The Kier molecular flexibility index (Phi) is 7.39. The summed E-state index contributed by atoms with van der Waals surface area (Å²) in [6.07, 6.45) is 8.60. The molecule has 1 nitrogen and oxygen atoms in total. The molecule has 0 aliphatic carbocycles. The first-order chi connectivity index (χ1) is 4.41. The summed E-state index contributed by atoms with van der Waals surface area (Å²) < 4.78 is 0. The summed E-state index contributed by atoms with van der Waals surface area (Å²) in [7, 11) is 0. The minimum absolute atomic E-state index is 0.629. The highest BCUT2D eigenvalue weighted by Crippen LogP contribution is 2.02.